The molecule has 2 aromatic rings. The minimum Gasteiger partial charge on any atom is -0.398 e. The standard InChI is InChI=1S/C22H30N4O/c1-2-19(27)7-5-3-4-6-8-22-25-15-21(26-22)16-9-12-20(23)17(13-16)14-24-18-10-11-18/h9,12-15,18H,2-8,10-11,23H2,1H3,(H,25,26). The zero-order valence-electron chi connectivity index (χ0n) is 16.2. The molecule has 0 bridgehead atoms. The zero-order chi connectivity index (χ0) is 19.1. The lowest BCUT2D eigenvalue weighted by atomic mass is 10.1. The minimum absolute atomic E-state index is 0.371. The number of Topliss-reactive ketones (excluding diaryl/α,β-unsaturated/α-hetero) is 1. The number of aryl methyl sites for hydroxylation is 1. The predicted molar refractivity (Wildman–Crippen MR) is 111 cm³/mol. The summed E-state index contributed by atoms with van der Waals surface area (Å²) in [4.78, 5) is 23.8. The normalized spacial score (nSPS) is 14.1. The molecule has 1 fully saturated rings. The van der Waals surface area contributed by atoms with Crippen molar-refractivity contribution in [2.24, 2.45) is 4.99 Å². The molecule has 0 atom stereocenters. The van der Waals surface area contributed by atoms with Crippen LogP contribution in [0.5, 0.6) is 0 Å². The Balaban J connectivity index is 1.50. The van der Waals surface area contributed by atoms with Gasteiger partial charge in [-0.3, -0.25) is 9.79 Å². The van der Waals surface area contributed by atoms with Gasteiger partial charge < -0.3 is 10.7 Å². The first-order valence-electron chi connectivity index (χ1n) is 10.1. The van der Waals surface area contributed by atoms with Crippen LogP contribution in [0, 0.1) is 0 Å². The molecule has 27 heavy (non-hydrogen) atoms. The fourth-order valence-corrected chi connectivity index (χ4v) is 3.04. The molecule has 5 nitrogen and oxygen atoms in total. The summed E-state index contributed by atoms with van der Waals surface area (Å²) in [6, 6.07) is 6.52. The first-order chi connectivity index (χ1) is 13.2. The largest absolute Gasteiger partial charge is 0.398 e. The van der Waals surface area contributed by atoms with Crippen molar-refractivity contribution in [3.05, 3.63) is 35.8 Å². The van der Waals surface area contributed by atoms with E-state index in [0.29, 0.717) is 18.2 Å². The van der Waals surface area contributed by atoms with E-state index < -0.39 is 0 Å². The molecule has 1 aliphatic carbocycles. The van der Waals surface area contributed by atoms with Crippen molar-refractivity contribution in [3.8, 4) is 11.3 Å². The number of nitrogens with one attached hydrogen (secondary N) is 1. The predicted octanol–water partition coefficient (Wildman–Crippen LogP) is 4.71. The molecule has 1 aromatic carbocycles. The van der Waals surface area contributed by atoms with Gasteiger partial charge in [0.05, 0.1) is 17.9 Å². The van der Waals surface area contributed by atoms with Crippen molar-refractivity contribution >= 4 is 17.7 Å². The monoisotopic (exact) mass is 366 g/mol. The smallest absolute Gasteiger partial charge is 0.132 e. The molecule has 3 N–H and O–H groups in total. The van der Waals surface area contributed by atoms with E-state index in [0.717, 1.165) is 66.9 Å². The number of aromatic nitrogens is 2. The number of hydrogen-bond acceptors (Lipinski definition) is 4. The summed E-state index contributed by atoms with van der Waals surface area (Å²) in [5, 5.41) is 0. The number of nitrogen functional groups attached to an aromatic ring is 1. The van der Waals surface area contributed by atoms with Crippen molar-refractivity contribution in [3.63, 3.8) is 0 Å². The zero-order valence-corrected chi connectivity index (χ0v) is 16.2. The number of aromatic amines is 1. The molecular formula is C22H30N4O. The van der Waals surface area contributed by atoms with Crippen LogP contribution in [0.25, 0.3) is 11.3 Å². The molecule has 0 amide bonds. The summed E-state index contributed by atoms with van der Waals surface area (Å²) in [6.45, 7) is 1.93. The summed E-state index contributed by atoms with van der Waals surface area (Å²) < 4.78 is 0. The summed E-state index contributed by atoms with van der Waals surface area (Å²) in [5.41, 5.74) is 9.89. The number of nitrogens with two attached hydrogens (primary N) is 1. The lowest BCUT2D eigenvalue weighted by Gasteiger charge is -2.04. The fourth-order valence-electron chi connectivity index (χ4n) is 3.04. The second kappa shape index (κ2) is 9.49. The van der Waals surface area contributed by atoms with E-state index in [1.165, 1.54) is 12.8 Å². The first kappa shape index (κ1) is 19.3. The van der Waals surface area contributed by atoms with E-state index in [2.05, 4.69) is 21.0 Å². The molecule has 0 spiro atoms. The van der Waals surface area contributed by atoms with Crippen LogP contribution < -0.4 is 5.73 Å². The highest BCUT2D eigenvalue weighted by atomic mass is 16.1. The SMILES string of the molecule is CCC(=O)CCCCCCc1ncc(-c2ccc(N)c(C=NC3CC3)c2)[nH]1. The van der Waals surface area contributed by atoms with Crippen LogP contribution >= 0.6 is 0 Å². The Morgan fingerprint density at radius 2 is 2.11 bits per heavy atom. The van der Waals surface area contributed by atoms with Crippen LogP contribution in [0.15, 0.2) is 29.4 Å². The van der Waals surface area contributed by atoms with Gasteiger partial charge >= 0.3 is 0 Å². The quantitative estimate of drug-likeness (QED) is 0.343. The van der Waals surface area contributed by atoms with Crippen LogP contribution in [-0.4, -0.2) is 28.0 Å². The number of H-pyrrole nitrogens is 1. The topological polar surface area (TPSA) is 84.1 Å². The van der Waals surface area contributed by atoms with Gasteiger partial charge in [-0.25, -0.2) is 4.98 Å². The van der Waals surface area contributed by atoms with Gasteiger partial charge in [-0.05, 0) is 37.8 Å². The van der Waals surface area contributed by atoms with Crippen molar-refractivity contribution in [1.29, 1.82) is 0 Å². The third-order valence-corrected chi connectivity index (χ3v) is 5.01. The summed E-state index contributed by atoms with van der Waals surface area (Å²) in [7, 11) is 0. The number of benzene rings is 1. The van der Waals surface area contributed by atoms with E-state index in [1.54, 1.807) is 0 Å². The Morgan fingerprint density at radius 1 is 1.30 bits per heavy atom. The number of ketones is 1. The lowest BCUT2D eigenvalue weighted by molar-refractivity contribution is -0.118. The number of imidazole rings is 1. The van der Waals surface area contributed by atoms with Gasteiger partial charge in [0.15, 0.2) is 0 Å². The van der Waals surface area contributed by atoms with Crippen LogP contribution in [0.1, 0.15) is 69.7 Å². The highest BCUT2D eigenvalue weighted by Crippen LogP contribution is 2.25. The fraction of sp³-hybridized carbons (Fsp3) is 0.500. The molecule has 5 heteroatoms. The molecule has 3 rings (SSSR count). The Kier molecular flexibility index (Phi) is 6.80. The van der Waals surface area contributed by atoms with Crippen LogP contribution in [0.2, 0.25) is 0 Å². The van der Waals surface area contributed by atoms with E-state index in [-0.39, 0.29) is 0 Å². The minimum atomic E-state index is 0.371. The number of hydrogen-bond donors (Lipinski definition) is 2. The Hall–Kier alpha value is -2.43. The number of carbonyl (C=O) groups is 1. The van der Waals surface area contributed by atoms with Gasteiger partial charge in [-0.1, -0.05) is 25.8 Å². The molecule has 1 aromatic heterocycles. The maximum atomic E-state index is 11.3. The third kappa shape index (κ3) is 6.05. The second-order valence-electron chi connectivity index (χ2n) is 7.40. The molecule has 144 valence electrons. The third-order valence-electron chi connectivity index (χ3n) is 5.01. The molecule has 0 radical (unpaired) electrons. The maximum Gasteiger partial charge on any atom is 0.132 e. The highest BCUT2D eigenvalue weighted by molar-refractivity contribution is 5.89. The van der Waals surface area contributed by atoms with Crippen molar-refractivity contribution in [1.82, 2.24) is 9.97 Å². The molecular weight excluding hydrogens is 336 g/mol. The molecule has 0 saturated heterocycles. The number of carbonyl (C=O) groups excluding carboxylic acids is 1. The average molecular weight is 367 g/mol. The van der Waals surface area contributed by atoms with E-state index >= 15 is 0 Å². The van der Waals surface area contributed by atoms with Gasteiger partial charge in [0, 0.05) is 42.3 Å². The Bertz CT molecular complexity index is 789. The van der Waals surface area contributed by atoms with Crippen LogP contribution in [-0.2, 0) is 11.2 Å². The average Bonchev–Trinajstić information content (AvgIpc) is 3.39. The van der Waals surface area contributed by atoms with Gasteiger partial charge in [-0.15, -0.1) is 0 Å². The molecule has 1 saturated carbocycles. The summed E-state index contributed by atoms with van der Waals surface area (Å²) in [5.74, 6) is 1.38. The van der Waals surface area contributed by atoms with Gasteiger partial charge in [-0.2, -0.15) is 0 Å². The number of nitrogens with zero attached hydrogens (tertiary/aromatic N) is 2. The number of anilines is 1. The summed E-state index contributed by atoms with van der Waals surface area (Å²) >= 11 is 0. The number of aliphatic imine (C=N–C) groups is 1. The lowest BCUT2D eigenvalue weighted by Crippen LogP contribution is -1.95. The molecule has 1 heterocycles. The van der Waals surface area contributed by atoms with E-state index in [9.17, 15) is 4.79 Å². The maximum absolute atomic E-state index is 11.3. The first-order valence-corrected chi connectivity index (χ1v) is 10.1. The van der Waals surface area contributed by atoms with Crippen molar-refractivity contribution in [2.45, 2.75) is 70.8 Å². The van der Waals surface area contributed by atoms with E-state index in [1.807, 2.05) is 31.5 Å². The Labute approximate surface area is 161 Å². The van der Waals surface area contributed by atoms with Crippen molar-refractivity contribution < 1.29 is 4.79 Å². The van der Waals surface area contributed by atoms with Crippen LogP contribution in [0.4, 0.5) is 5.69 Å². The van der Waals surface area contributed by atoms with Crippen LogP contribution in [0.3, 0.4) is 0 Å². The van der Waals surface area contributed by atoms with E-state index in [4.69, 9.17) is 5.73 Å². The molecule has 0 aliphatic heterocycles. The second-order valence-corrected chi connectivity index (χ2v) is 7.40. The van der Waals surface area contributed by atoms with Crippen molar-refractivity contribution in [2.75, 3.05) is 5.73 Å². The number of rotatable bonds is 11. The Morgan fingerprint density at radius 3 is 2.89 bits per heavy atom. The molecule has 1 aliphatic rings. The van der Waals surface area contributed by atoms with Gasteiger partial charge in [0.1, 0.15) is 11.6 Å². The van der Waals surface area contributed by atoms with Gasteiger partial charge in [0.25, 0.3) is 0 Å². The van der Waals surface area contributed by atoms with Gasteiger partial charge in [0.2, 0.25) is 0 Å². The number of unbranched alkanes of at least 4 members (excludes halogenated alkanes) is 3. The summed E-state index contributed by atoms with van der Waals surface area (Å²) in [6.07, 6.45) is 12.8. The highest BCUT2D eigenvalue weighted by Gasteiger charge is 2.19. The molecule has 0 unspecified atom stereocenters.